The van der Waals surface area contributed by atoms with E-state index in [-0.39, 0.29) is 0 Å². The standard InChI is InChI=1S/C14H16N2O2/c1-9-8-15-16-10(2)14(9)12-6-5-11(17-3)7-13(12)18-4/h5-8H,1-4H3. The van der Waals surface area contributed by atoms with Gasteiger partial charge in [0.25, 0.3) is 0 Å². The van der Waals surface area contributed by atoms with Crippen LogP contribution in [-0.4, -0.2) is 24.4 Å². The second kappa shape index (κ2) is 5.04. The fourth-order valence-electron chi connectivity index (χ4n) is 2.01. The van der Waals surface area contributed by atoms with E-state index >= 15 is 0 Å². The van der Waals surface area contributed by atoms with Crippen LogP contribution < -0.4 is 9.47 Å². The molecule has 0 fully saturated rings. The first kappa shape index (κ1) is 12.4. The third-order valence-electron chi connectivity index (χ3n) is 2.89. The molecule has 0 aliphatic carbocycles. The summed E-state index contributed by atoms with van der Waals surface area (Å²) in [5, 5.41) is 8.04. The Morgan fingerprint density at radius 2 is 1.83 bits per heavy atom. The molecule has 2 rings (SSSR count). The molecule has 1 aromatic heterocycles. The van der Waals surface area contributed by atoms with Crippen molar-refractivity contribution in [1.82, 2.24) is 10.2 Å². The van der Waals surface area contributed by atoms with Crippen LogP contribution in [0.25, 0.3) is 11.1 Å². The summed E-state index contributed by atoms with van der Waals surface area (Å²) in [4.78, 5) is 0. The molecule has 0 saturated heterocycles. The maximum atomic E-state index is 5.42. The molecule has 0 saturated carbocycles. The lowest BCUT2D eigenvalue weighted by molar-refractivity contribution is 0.395. The molecule has 0 radical (unpaired) electrons. The van der Waals surface area contributed by atoms with E-state index < -0.39 is 0 Å². The molecule has 0 N–H and O–H groups in total. The van der Waals surface area contributed by atoms with Gasteiger partial charge >= 0.3 is 0 Å². The maximum absolute atomic E-state index is 5.42. The topological polar surface area (TPSA) is 44.2 Å². The van der Waals surface area contributed by atoms with Gasteiger partial charge in [0.05, 0.1) is 26.1 Å². The van der Waals surface area contributed by atoms with Crippen molar-refractivity contribution in [3.63, 3.8) is 0 Å². The molecule has 0 aliphatic heterocycles. The predicted molar refractivity (Wildman–Crippen MR) is 70.0 cm³/mol. The second-order valence-corrected chi connectivity index (χ2v) is 4.05. The zero-order valence-electron chi connectivity index (χ0n) is 11.0. The number of hydrogen-bond acceptors (Lipinski definition) is 4. The molecule has 0 aliphatic rings. The van der Waals surface area contributed by atoms with E-state index in [0.29, 0.717) is 0 Å². The largest absolute Gasteiger partial charge is 0.497 e. The van der Waals surface area contributed by atoms with Gasteiger partial charge in [0.15, 0.2) is 0 Å². The predicted octanol–water partition coefficient (Wildman–Crippen LogP) is 2.78. The van der Waals surface area contributed by atoms with Crippen LogP contribution in [0.2, 0.25) is 0 Å². The van der Waals surface area contributed by atoms with Crippen LogP contribution in [-0.2, 0) is 0 Å². The zero-order valence-corrected chi connectivity index (χ0v) is 11.0. The number of rotatable bonds is 3. The molecule has 0 unspecified atom stereocenters. The molecule has 1 aromatic carbocycles. The number of nitrogens with zero attached hydrogens (tertiary/aromatic N) is 2. The number of hydrogen-bond donors (Lipinski definition) is 0. The Morgan fingerprint density at radius 3 is 2.44 bits per heavy atom. The van der Waals surface area contributed by atoms with Gasteiger partial charge in [0.2, 0.25) is 0 Å². The van der Waals surface area contributed by atoms with Gasteiger partial charge in [-0.1, -0.05) is 0 Å². The summed E-state index contributed by atoms with van der Waals surface area (Å²) in [6, 6.07) is 5.76. The van der Waals surface area contributed by atoms with Crippen molar-refractivity contribution in [1.29, 1.82) is 0 Å². The molecule has 0 atom stereocenters. The van der Waals surface area contributed by atoms with Crippen LogP contribution in [0.1, 0.15) is 11.3 Å². The van der Waals surface area contributed by atoms with E-state index in [0.717, 1.165) is 33.9 Å². The Kier molecular flexibility index (Phi) is 3.46. The third kappa shape index (κ3) is 2.14. The molecule has 94 valence electrons. The van der Waals surface area contributed by atoms with Crippen LogP contribution >= 0.6 is 0 Å². The van der Waals surface area contributed by atoms with E-state index in [4.69, 9.17) is 9.47 Å². The van der Waals surface area contributed by atoms with Gasteiger partial charge < -0.3 is 9.47 Å². The summed E-state index contributed by atoms with van der Waals surface area (Å²) < 4.78 is 10.6. The molecule has 2 aromatic rings. The fourth-order valence-corrected chi connectivity index (χ4v) is 2.01. The minimum Gasteiger partial charge on any atom is -0.497 e. The average Bonchev–Trinajstić information content (AvgIpc) is 2.38. The summed E-state index contributed by atoms with van der Waals surface area (Å²) in [6.45, 7) is 3.96. The molecule has 4 nitrogen and oxygen atoms in total. The van der Waals surface area contributed by atoms with Gasteiger partial charge in [0, 0.05) is 17.2 Å². The quantitative estimate of drug-likeness (QED) is 0.832. The summed E-state index contributed by atoms with van der Waals surface area (Å²) >= 11 is 0. The molecule has 1 heterocycles. The Bertz CT molecular complexity index is 547. The first-order valence-electron chi connectivity index (χ1n) is 5.68. The molecule has 0 bridgehead atoms. The summed E-state index contributed by atoms with van der Waals surface area (Å²) in [5.74, 6) is 1.54. The SMILES string of the molecule is COc1ccc(-c2c(C)cnnc2C)c(OC)c1. The van der Waals surface area contributed by atoms with Crippen LogP contribution in [0, 0.1) is 13.8 Å². The number of ether oxygens (including phenoxy) is 2. The summed E-state index contributed by atoms with van der Waals surface area (Å²) in [5.41, 5.74) is 4.03. The molecular formula is C14H16N2O2. The van der Waals surface area contributed by atoms with Crippen LogP contribution in [0.15, 0.2) is 24.4 Å². The van der Waals surface area contributed by atoms with Crippen LogP contribution in [0.3, 0.4) is 0 Å². The number of aromatic nitrogens is 2. The minimum absolute atomic E-state index is 0.771. The Labute approximate surface area is 107 Å². The van der Waals surface area contributed by atoms with E-state index in [1.807, 2.05) is 32.0 Å². The van der Waals surface area contributed by atoms with E-state index in [1.165, 1.54) is 0 Å². The van der Waals surface area contributed by atoms with Crippen molar-refractivity contribution >= 4 is 0 Å². The highest BCUT2D eigenvalue weighted by molar-refractivity contribution is 5.75. The highest BCUT2D eigenvalue weighted by Crippen LogP contribution is 2.35. The number of aryl methyl sites for hydroxylation is 2. The summed E-state index contributed by atoms with van der Waals surface area (Å²) in [7, 11) is 3.29. The summed E-state index contributed by atoms with van der Waals surface area (Å²) in [6.07, 6.45) is 1.76. The number of methoxy groups -OCH3 is 2. The van der Waals surface area contributed by atoms with E-state index in [1.54, 1.807) is 20.4 Å². The average molecular weight is 244 g/mol. The smallest absolute Gasteiger partial charge is 0.130 e. The second-order valence-electron chi connectivity index (χ2n) is 4.05. The van der Waals surface area contributed by atoms with Gasteiger partial charge in [0.1, 0.15) is 11.5 Å². The molecule has 4 heteroatoms. The van der Waals surface area contributed by atoms with E-state index in [2.05, 4.69) is 10.2 Å². The lowest BCUT2D eigenvalue weighted by atomic mass is 9.99. The van der Waals surface area contributed by atoms with Crippen LogP contribution in [0.5, 0.6) is 11.5 Å². The maximum Gasteiger partial charge on any atom is 0.130 e. The first-order valence-corrected chi connectivity index (χ1v) is 5.68. The zero-order chi connectivity index (χ0) is 13.1. The van der Waals surface area contributed by atoms with Gasteiger partial charge in [-0.3, -0.25) is 0 Å². The number of benzene rings is 1. The van der Waals surface area contributed by atoms with Crippen molar-refractivity contribution in [2.24, 2.45) is 0 Å². The Balaban J connectivity index is 2.63. The van der Waals surface area contributed by atoms with Gasteiger partial charge in [-0.05, 0) is 31.5 Å². The highest BCUT2D eigenvalue weighted by Gasteiger charge is 2.13. The molecule has 18 heavy (non-hydrogen) atoms. The highest BCUT2D eigenvalue weighted by atomic mass is 16.5. The molecular weight excluding hydrogens is 228 g/mol. The lowest BCUT2D eigenvalue weighted by Gasteiger charge is -2.13. The van der Waals surface area contributed by atoms with Crippen molar-refractivity contribution < 1.29 is 9.47 Å². The monoisotopic (exact) mass is 244 g/mol. The Hall–Kier alpha value is -2.10. The van der Waals surface area contributed by atoms with Crippen LogP contribution in [0.4, 0.5) is 0 Å². The third-order valence-corrected chi connectivity index (χ3v) is 2.89. The van der Waals surface area contributed by atoms with Crippen molar-refractivity contribution in [3.05, 3.63) is 35.7 Å². The lowest BCUT2D eigenvalue weighted by Crippen LogP contribution is -1.97. The van der Waals surface area contributed by atoms with Gasteiger partial charge in [-0.25, -0.2) is 0 Å². The molecule has 0 spiro atoms. The minimum atomic E-state index is 0.771. The van der Waals surface area contributed by atoms with Crippen molar-refractivity contribution in [2.45, 2.75) is 13.8 Å². The van der Waals surface area contributed by atoms with Crippen molar-refractivity contribution in [3.8, 4) is 22.6 Å². The van der Waals surface area contributed by atoms with Gasteiger partial charge in [-0.2, -0.15) is 10.2 Å². The van der Waals surface area contributed by atoms with Gasteiger partial charge in [-0.15, -0.1) is 0 Å². The molecule has 0 amide bonds. The van der Waals surface area contributed by atoms with Crippen molar-refractivity contribution in [2.75, 3.05) is 14.2 Å². The Morgan fingerprint density at radius 1 is 1.06 bits per heavy atom. The fraction of sp³-hybridized carbons (Fsp3) is 0.286. The normalized spacial score (nSPS) is 10.2. The first-order chi connectivity index (χ1) is 8.67. The van der Waals surface area contributed by atoms with E-state index in [9.17, 15) is 0 Å².